The quantitative estimate of drug-likeness (QED) is 0.588. The number of aliphatic hydroxyl groups is 1. The molecule has 2 N–H and O–H groups in total. The number of hydrogen-bond acceptors (Lipinski definition) is 4. The molecule has 0 aliphatic heterocycles. The molecule has 2 atom stereocenters. The van der Waals surface area contributed by atoms with Crippen molar-refractivity contribution in [2.24, 2.45) is 0 Å². The van der Waals surface area contributed by atoms with Gasteiger partial charge in [0.05, 0.1) is 12.1 Å². The van der Waals surface area contributed by atoms with E-state index in [1.807, 2.05) is 72.8 Å². The van der Waals surface area contributed by atoms with Gasteiger partial charge < -0.3 is 19.9 Å². The second-order valence-electron chi connectivity index (χ2n) is 6.79. The third-order valence-corrected chi connectivity index (χ3v) is 4.48. The number of hydrogen-bond donors (Lipinski definition) is 2. The molecule has 5 nitrogen and oxygen atoms in total. The van der Waals surface area contributed by atoms with Crippen LogP contribution in [0.2, 0.25) is 0 Å². The largest absolute Gasteiger partial charge is 0.489 e. The first-order valence-electron chi connectivity index (χ1n) is 9.54. The predicted octanol–water partition coefficient (Wildman–Crippen LogP) is 4.61. The molecular weight excluding hydrogens is 366 g/mol. The van der Waals surface area contributed by atoms with Gasteiger partial charge in [-0.25, -0.2) is 4.79 Å². The summed E-state index contributed by atoms with van der Waals surface area (Å²) < 4.78 is 11.0. The van der Waals surface area contributed by atoms with Gasteiger partial charge in [-0.2, -0.15) is 0 Å². The number of ether oxygens (including phenoxy) is 2. The summed E-state index contributed by atoms with van der Waals surface area (Å²) in [6, 6.07) is 26.0. The SMILES string of the molecule is CC(NC(=O)OCc1ccccc1)C(O)c1cccc(OCc2ccccc2)c1. The summed E-state index contributed by atoms with van der Waals surface area (Å²) in [6.45, 7) is 2.35. The minimum Gasteiger partial charge on any atom is -0.489 e. The Labute approximate surface area is 170 Å². The summed E-state index contributed by atoms with van der Waals surface area (Å²) in [5.74, 6) is 0.657. The third-order valence-electron chi connectivity index (χ3n) is 4.48. The van der Waals surface area contributed by atoms with Crippen LogP contribution in [0.4, 0.5) is 4.79 Å². The van der Waals surface area contributed by atoms with E-state index in [4.69, 9.17) is 9.47 Å². The Morgan fingerprint density at radius 3 is 2.17 bits per heavy atom. The molecule has 0 aliphatic rings. The Bertz CT molecular complexity index is 899. The Morgan fingerprint density at radius 2 is 1.52 bits per heavy atom. The van der Waals surface area contributed by atoms with Crippen LogP contribution in [0.1, 0.15) is 29.7 Å². The molecule has 5 heteroatoms. The standard InChI is InChI=1S/C24H25NO4/c1-18(25-24(27)29-17-20-11-6-3-7-12-20)23(26)21-13-8-14-22(15-21)28-16-19-9-4-2-5-10-19/h2-15,18,23,26H,16-17H2,1H3,(H,25,27). The highest BCUT2D eigenvalue weighted by Crippen LogP contribution is 2.22. The summed E-state index contributed by atoms with van der Waals surface area (Å²) in [5.41, 5.74) is 2.63. The second kappa shape index (κ2) is 10.3. The number of nitrogens with one attached hydrogen (secondary N) is 1. The number of aliphatic hydroxyl groups excluding tert-OH is 1. The second-order valence-corrected chi connectivity index (χ2v) is 6.79. The monoisotopic (exact) mass is 391 g/mol. The van der Waals surface area contributed by atoms with Gasteiger partial charge in [-0.05, 0) is 35.7 Å². The van der Waals surface area contributed by atoms with Gasteiger partial charge in [-0.3, -0.25) is 0 Å². The number of amides is 1. The van der Waals surface area contributed by atoms with E-state index in [1.54, 1.807) is 19.1 Å². The van der Waals surface area contributed by atoms with Crippen LogP contribution < -0.4 is 10.1 Å². The molecule has 150 valence electrons. The van der Waals surface area contributed by atoms with Crippen molar-refractivity contribution in [2.75, 3.05) is 0 Å². The van der Waals surface area contributed by atoms with Crippen molar-refractivity contribution in [3.05, 3.63) is 102 Å². The molecule has 0 fully saturated rings. The highest BCUT2D eigenvalue weighted by molar-refractivity contribution is 5.67. The molecule has 0 saturated heterocycles. The molecule has 29 heavy (non-hydrogen) atoms. The molecule has 3 rings (SSSR count). The van der Waals surface area contributed by atoms with Gasteiger partial charge in [0.1, 0.15) is 19.0 Å². The molecule has 0 aliphatic carbocycles. The van der Waals surface area contributed by atoms with Crippen molar-refractivity contribution in [1.82, 2.24) is 5.32 Å². The van der Waals surface area contributed by atoms with E-state index in [2.05, 4.69) is 5.32 Å². The predicted molar refractivity (Wildman–Crippen MR) is 111 cm³/mol. The van der Waals surface area contributed by atoms with Crippen molar-refractivity contribution >= 4 is 6.09 Å². The van der Waals surface area contributed by atoms with E-state index < -0.39 is 18.2 Å². The lowest BCUT2D eigenvalue weighted by Gasteiger charge is -2.21. The van der Waals surface area contributed by atoms with Crippen molar-refractivity contribution in [3.63, 3.8) is 0 Å². The van der Waals surface area contributed by atoms with E-state index in [-0.39, 0.29) is 6.61 Å². The van der Waals surface area contributed by atoms with Crippen LogP contribution in [0.15, 0.2) is 84.9 Å². The molecule has 3 aromatic rings. The van der Waals surface area contributed by atoms with E-state index in [0.717, 1.165) is 11.1 Å². The van der Waals surface area contributed by atoms with Gasteiger partial charge in [0.2, 0.25) is 0 Å². The molecular formula is C24H25NO4. The Hall–Kier alpha value is -3.31. The van der Waals surface area contributed by atoms with Gasteiger partial charge >= 0.3 is 6.09 Å². The van der Waals surface area contributed by atoms with E-state index >= 15 is 0 Å². The van der Waals surface area contributed by atoms with Crippen molar-refractivity contribution in [3.8, 4) is 5.75 Å². The number of carbonyl (C=O) groups excluding carboxylic acids is 1. The normalized spacial score (nSPS) is 12.6. The molecule has 0 heterocycles. The van der Waals surface area contributed by atoms with Crippen molar-refractivity contribution < 1.29 is 19.4 Å². The van der Waals surface area contributed by atoms with Crippen LogP contribution in [0.25, 0.3) is 0 Å². The summed E-state index contributed by atoms with van der Waals surface area (Å²) in [6.07, 6.45) is -1.46. The summed E-state index contributed by atoms with van der Waals surface area (Å²) in [5, 5.41) is 13.3. The van der Waals surface area contributed by atoms with Crippen LogP contribution in [-0.2, 0) is 18.0 Å². The first-order valence-corrected chi connectivity index (χ1v) is 9.54. The lowest BCUT2D eigenvalue weighted by molar-refractivity contribution is 0.106. The highest BCUT2D eigenvalue weighted by Gasteiger charge is 2.19. The van der Waals surface area contributed by atoms with Crippen LogP contribution in [0.3, 0.4) is 0 Å². The maximum absolute atomic E-state index is 12.0. The number of benzene rings is 3. The van der Waals surface area contributed by atoms with Crippen LogP contribution in [0, 0.1) is 0 Å². The average Bonchev–Trinajstić information content (AvgIpc) is 2.77. The zero-order valence-corrected chi connectivity index (χ0v) is 16.3. The van der Waals surface area contributed by atoms with E-state index in [1.165, 1.54) is 0 Å². The topological polar surface area (TPSA) is 67.8 Å². The molecule has 1 amide bonds. The van der Waals surface area contributed by atoms with Gasteiger partial charge in [0.25, 0.3) is 0 Å². The first kappa shape index (κ1) is 20.4. The van der Waals surface area contributed by atoms with E-state index in [9.17, 15) is 9.90 Å². The van der Waals surface area contributed by atoms with Crippen LogP contribution in [-0.4, -0.2) is 17.2 Å². The van der Waals surface area contributed by atoms with Crippen molar-refractivity contribution in [1.29, 1.82) is 0 Å². The van der Waals surface area contributed by atoms with Gasteiger partial charge in [0, 0.05) is 0 Å². The summed E-state index contributed by atoms with van der Waals surface area (Å²) >= 11 is 0. The van der Waals surface area contributed by atoms with E-state index in [0.29, 0.717) is 17.9 Å². The number of carbonyl (C=O) groups is 1. The minimum absolute atomic E-state index is 0.179. The smallest absolute Gasteiger partial charge is 0.407 e. The number of rotatable bonds is 8. The third kappa shape index (κ3) is 6.36. The maximum atomic E-state index is 12.0. The fourth-order valence-corrected chi connectivity index (χ4v) is 2.85. The zero-order chi connectivity index (χ0) is 20.5. The van der Waals surface area contributed by atoms with Gasteiger partial charge in [-0.1, -0.05) is 72.8 Å². The molecule has 0 saturated carbocycles. The molecule has 0 spiro atoms. The fraction of sp³-hybridized carbons (Fsp3) is 0.208. The zero-order valence-electron chi connectivity index (χ0n) is 16.3. The molecule has 0 radical (unpaired) electrons. The van der Waals surface area contributed by atoms with Gasteiger partial charge in [-0.15, -0.1) is 0 Å². The molecule has 0 aromatic heterocycles. The average molecular weight is 391 g/mol. The Balaban J connectivity index is 1.52. The first-order chi connectivity index (χ1) is 14.1. The lowest BCUT2D eigenvalue weighted by Crippen LogP contribution is -2.37. The molecule has 2 unspecified atom stereocenters. The molecule has 0 bridgehead atoms. The van der Waals surface area contributed by atoms with Crippen LogP contribution >= 0.6 is 0 Å². The van der Waals surface area contributed by atoms with Crippen LogP contribution in [0.5, 0.6) is 5.75 Å². The van der Waals surface area contributed by atoms with Gasteiger partial charge in [0.15, 0.2) is 0 Å². The number of alkyl carbamates (subject to hydrolysis) is 1. The lowest BCUT2D eigenvalue weighted by atomic mass is 10.0. The summed E-state index contributed by atoms with van der Waals surface area (Å²) in [7, 11) is 0. The summed E-state index contributed by atoms with van der Waals surface area (Å²) in [4.78, 5) is 12.0. The highest BCUT2D eigenvalue weighted by atomic mass is 16.5. The molecule has 3 aromatic carbocycles. The minimum atomic E-state index is -0.889. The Morgan fingerprint density at radius 1 is 0.897 bits per heavy atom. The maximum Gasteiger partial charge on any atom is 0.407 e. The van der Waals surface area contributed by atoms with Crippen molar-refractivity contribution in [2.45, 2.75) is 32.3 Å². The Kier molecular flexibility index (Phi) is 7.25. The fourth-order valence-electron chi connectivity index (χ4n) is 2.85.